The zero-order valence-electron chi connectivity index (χ0n) is 17.5. The van der Waals surface area contributed by atoms with E-state index >= 15 is 0 Å². The first-order valence-electron chi connectivity index (χ1n) is 9.44. The summed E-state index contributed by atoms with van der Waals surface area (Å²) in [7, 11) is 1.36. The summed E-state index contributed by atoms with van der Waals surface area (Å²) in [6.45, 7) is 5.48. The highest BCUT2D eigenvalue weighted by Crippen LogP contribution is 2.15. The average molecular weight is 411 g/mol. The molecule has 0 aromatic heterocycles. The Balaban J connectivity index is 0.000000244. The molecule has 7 heteroatoms. The normalized spacial score (nSPS) is 12.3. The minimum absolute atomic E-state index is 0.261. The number of carbonyl (C=O) groups is 4. The van der Waals surface area contributed by atoms with Gasteiger partial charge in [0.05, 0.1) is 23.8 Å². The van der Waals surface area contributed by atoms with E-state index in [1.165, 1.54) is 7.11 Å². The third-order valence-corrected chi connectivity index (χ3v) is 4.05. The molecule has 0 atom stereocenters. The van der Waals surface area contributed by atoms with Crippen molar-refractivity contribution in [3.63, 3.8) is 0 Å². The molecule has 1 aliphatic rings. The van der Waals surface area contributed by atoms with E-state index in [9.17, 15) is 19.2 Å². The second kappa shape index (κ2) is 9.82. The second-order valence-corrected chi connectivity index (χ2v) is 7.61. The molecule has 0 fully saturated rings. The fraction of sp³-hybridized carbons (Fsp3) is 0.304. The number of benzene rings is 2. The van der Waals surface area contributed by atoms with E-state index in [1.54, 1.807) is 42.5 Å². The van der Waals surface area contributed by atoms with Crippen LogP contribution >= 0.6 is 0 Å². The van der Waals surface area contributed by atoms with Crippen LogP contribution in [-0.2, 0) is 20.7 Å². The maximum atomic E-state index is 11.9. The van der Waals surface area contributed by atoms with E-state index < -0.39 is 5.60 Å². The topological polar surface area (TPSA) is 98.8 Å². The summed E-state index contributed by atoms with van der Waals surface area (Å²) >= 11 is 0. The average Bonchev–Trinajstić information content (AvgIpc) is 3.00. The Hall–Kier alpha value is -3.48. The quantitative estimate of drug-likeness (QED) is 0.612. The van der Waals surface area contributed by atoms with Gasteiger partial charge in [0.25, 0.3) is 11.8 Å². The largest absolute Gasteiger partial charge is 0.469 e. The Morgan fingerprint density at radius 1 is 0.933 bits per heavy atom. The highest BCUT2D eigenvalue weighted by molar-refractivity contribution is 6.21. The number of amides is 2. The van der Waals surface area contributed by atoms with Crippen LogP contribution in [0, 0.1) is 0 Å². The Morgan fingerprint density at radius 2 is 1.53 bits per heavy atom. The fourth-order valence-electron chi connectivity index (χ4n) is 2.66. The van der Waals surface area contributed by atoms with Crippen molar-refractivity contribution in [3.05, 3.63) is 70.8 Å². The maximum Gasteiger partial charge on any atom is 0.338 e. The highest BCUT2D eigenvalue weighted by Gasteiger charge is 2.25. The van der Waals surface area contributed by atoms with E-state index in [4.69, 9.17) is 4.74 Å². The Bertz CT molecular complexity index is 925. The lowest BCUT2D eigenvalue weighted by Crippen LogP contribution is -2.23. The molecule has 2 aromatic rings. The molecule has 3 rings (SSSR count). The smallest absolute Gasteiger partial charge is 0.338 e. The van der Waals surface area contributed by atoms with Crippen LogP contribution in [-0.4, -0.2) is 36.5 Å². The van der Waals surface area contributed by atoms with Gasteiger partial charge in [0, 0.05) is 6.42 Å². The first-order chi connectivity index (χ1) is 14.1. The predicted molar refractivity (Wildman–Crippen MR) is 110 cm³/mol. The molecule has 0 aliphatic carbocycles. The Kier molecular flexibility index (Phi) is 7.47. The lowest BCUT2D eigenvalue weighted by molar-refractivity contribution is -0.140. The van der Waals surface area contributed by atoms with Crippen LogP contribution in [0.5, 0.6) is 0 Å². The van der Waals surface area contributed by atoms with E-state index in [0.717, 1.165) is 5.56 Å². The number of fused-ring (bicyclic) bond motifs is 1. The summed E-state index contributed by atoms with van der Waals surface area (Å²) < 4.78 is 9.88. The molecule has 2 aromatic carbocycles. The van der Waals surface area contributed by atoms with Crippen molar-refractivity contribution >= 4 is 23.8 Å². The van der Waals surface area contributed by atoms with Crippen molar-refractivity contribution in [2.24, 2.45) is 0 Å². The molecule has 0 saturated heterocycles. The number of imide groups is 1. The number of aryl methyl sites for hydroxylation is 1. The second-order valence-electron chi connectivity index (χ2n) is 7.61. The summed E-state index contributed by atoms with van der Waals surface area (Å²) in [4.78, 5) is 44.9. The number of rotatable bonds is 4. The molecule has 158 valence electrons. The monoisotopic (exact) mass is 411 g/mol. The molecule has 7 nitrogen and oxygen atoms in total. The highest BCUT2D eigenvalue weighted by atomic mass is 16.6. The summed E-state index contributed by atoms with van der Waals surface area (Å²) in [6.07, 6.45) is 0.845. The minimum atomic E-state index is -0.515. The third kappa shape index (κ3) is 6.55. The van der Waals surface area contributed by atoms with Gasteiger partial charge in [-0.3, -0.25) is 19.7 Å². The molecular weight excluding hydrogens is 386 g/mol. The van der Waals surface area contributed by atoms with Crippen molar-refractivity contribution < 1.29 is 28.7 Å². The van der Waals surface area contributed by atoms with E-state index in [2.05, 4.69) is 10.1 Å². The van der Waals surface area contributed by atoms with Crippen LogP contribution in [0.25, 0.3) is 0 Å². The van der Waals surface area contributed by atoms with Gasteiger partial charge in [-0.15, -0.1) is 0 Å². The lowest BCUT2D eigenvalue weighted by Gasteiger charge is -2.19. The van der Waals surface area contributed by atoms with Gasteiger partial charge < -0.3 is 9.47 Å². The Labute approximate surface area is 175 Å². The van der Waals surface area contributed by atoms with Crippen molar-refractivity contribution in [2.75, 3.05) is 7.11 Å². The number of esters is 2. The number of hydrogen-bond acceptors (Lipinski definition) is 6. The van der Waals surface area contributed by atoms with Crippen LogP contribution in [0.15, 0.2) is 48.5 Å². The van der Waals surface area contributed by atoms with E-state index in [1.807, 2.05) is 26.8 Å². The summed E-state index contributed by atoms with van der Waals surface area (Å²) in [6, 6.07) is 13.8. The van der Waals surface area contributed by atoms with Gasteiger partial charge in [-0.2, -0.15) is 0 Å². The molecule has 0 spiro atoms. The number of nitrogens with one attached hydrogen (secondary N) is 1. The lowest BCUT2D eigenvalue weighted by atomic mass is 10.1. The molecule has 1 aliphatic heterocycles. The van der Waals surface area contributed by atoms with Gasteiger partial charge in [-0.25, -0.2) is 4.79 Å². The standard InChI is InChI=1S/C15H20O4.C8H5NO2/c1-15(2,3)19-14(17)12-7-5-6-11(10-12)8-9-13(16)18-4;10-7-5-3-1-2-4-6(5)8(11)9-7/h5-7,10H,8-9H2,1-4H3;1-4H,(H,9,10,11). The molecule has 1 N–H and O–H groups in total. The predicted octanol–water partition coefficient (Wildman–Crippen LogP) is 3.32. The van der Waals surface area contributed by atoms with Gasteiger partial charge in [0.2, 0.25) is 0 Å². The molecule has 0 saturated carbocycles. The first kappa shape index (κ1) is 22.8. The molecule has 1 heterocycles. The van der Waals surface area contributed by atoms with Crippen molar-refractivity contribution in [2.45, 2.75) is 39.2 Å². The zero-order chi connectivity index (χ0) is 22.3. The van der Waals surface area contributed by atoms with E-state index in [0.29, 0.717) is 29.5 Å². The van der Waals surface area contributed by atoms with Crippen LogP contribution in [0.1, 0.15) is 63.8 Å². The van der Waals surface area contributed by atoms with Crippen LogP contribution < -0.4 is 5.32 Å². The van der Waals surface area contributed by atoms with Crippen LogP contribution in [0.3, 0.4) is 0 Å². The minimum Gasteiger partial charge on any atom is -0.469 e. The van der Waals surface area contributed by atoms with Gasteiger partial charge in [0.15, 0.2) is 0 Å². The number of carbonyl (C=O) groups excluding carboxylic acids is 4. The summed E-state index contributed by atoms with van der Waals surface area (Å²) in [5.41, 5.74) is 1.83. The Morgan fingerprint density at radius 3 is 2.07 bits per heavy atom. The van der Waals surface area contributed by atoms with Gasteiger partial charge in [-0.1, -0.05) is 24.3 Å². The van der Waals surface area contributed by atoms with Crippen molar-refractivity contribution in [1.82, 2.24) is 5.32 Å². The van der Waals surface area contributed by atoms with Crippen LogP contribution in [0.4, 0.5) is 0 Å². The number of hydrogen-bond donors (Lipinski definition) is 1. The zero-order valence-corrected chi connectivity index (χ0v) is 17.5. The molecule has 30 heavy (non-hydrogen) atoms. The number of methoxy groups -OCH3 is 1. The molecule has 2 amide bonds. The first-order valence-corrected chi connectivity index (χ1v) is 9.44. The van der Waals surface area contributed by atoms with Gasteiger partial charge in [-0.05, 0) is 57.0 Å². The summed E-state index contributed by atoms with van der Waals surface area (Å²) in [5, 5.41) is 2.20. The van der Waals surface area contributed by atoms with Crippen molar-refractivity contribution in [1.29, 1.82) is 0 Å². The van der Waals surface area contributed by atoms with Crippen molar-refractivity contribution in [3.8, 4) is 0 Å². The van der Waals surface area contributed by atoms with E-state index in [-0.39, 0.29) is 23.8 Å². The van der Waals surface area contributed by atoms with Crippen LogP contribution in [0.2, 0.25) is 0 Å². The summed E-state index contributed by atoms with van der Waals surface area (Å²) in [5.74, 6) is -1.22. The number of ether oxygens (including phenoxy) is 2. The molecule has 0 radical (unpaired) electrons. The molecular formula is C23H25NO6. The maximum absolute atomic E-state index is 11.9. The van der Waals surface area contributed by atoms with Gasteiger partial charge >= 0.3 is 11.9 Å². The van der Waals surface area contributed by atoms with Gasteiger partial charge in [0.1, 0.15) is 5.60 Å². The third-order valence-electron chi connectivity index (χ3n) is 4.05. The SMILES string of the molecule is COC(=O)CCc1cccc(C(=O)OC(C)(C)C)c1.O=C1NC(=O)c2ccccc21. The fourth-order valence-corrected chi connectivity index (χ4v) is 2.66. The molecule has 0 bridgehead atoms. The molecule has 0 unspecified atom stereocenters.